The molecule has 1 saturated heterocycles. The van der Waals surface area contributed by atoms with Crippen LogP contribution in [0.25, 0.3) is 0 Å². The molecule has 0 saturated carbocycles. The van der Waals surface area contributed by atoms with E-state index >= 15 is 0 Å². The number of hydrogen-bond donors (Lipinski definition) is 2. The van der Waals surface area contributed by atoms with Crippen LogP contribution in [0, 0.1) is 6.92 Å². The van der Waals surface area contributed by atoms with Gasteiger partial charge in [-0.15, -0.1) is 0 Å². The summed E-state index contributed by atoms with van der Waals surface area (Å²) in [5, 5.41) is 3.07. The first-order valence-corrected chi connectivity index (χ1v) is 8.84. The third-order valence-electron chi connectivity index (χ3n) is 3.44. The van der Waals surface area contributed by atoms with Crippen LogP contribution in [0.15, 0.2) is 6.07 Å². The van der Waals surface area contributed by atoms with Gasteiger partial charge < -0.3 is 10.2 Å². The molecule has 2 heterocycles. The maximum Gasteiger partial charge on any atom is 0.278 e. The predicted octanol–water partition coefficient (Wildman–Crippen LogP) is 0.193. The molecule has 8 nitrogen and oxygen atoms in total. The topological polar surface area (TPSA) is 90.5 Å². The van der Waals surface area contributed by atoms with Crippen LogP contribution in [0.2, 0.25) is 0 Å². The van der Waals surface area contributed by atoms with Crippen molar-refractivity contribution in [1.82, 2.24) is 19.0 Å². The van der Waals surface area contributed by atoms with E-state index in [2.05, 4.69) is 24.9 Å². The second kappa shape index (κ2) is 7.21. The Morgan fingerprint density at radius 3 is 2.55 bits per heavy atom. The van der Waals surface area contributed by atoms with E-state index < -0.39 is 10.2 Å². The normalized spacial score (nSPS) is 15.5. The minimum atomic E-state index is -3.39. The first-order chi connectivity index (χ1) is 10.4. The highest BCUT2D eigenvalue weighted by Gasteiger charge is 2.15. The zero-order valence-electron chi connectivity index (χ0n) is 13.3. The van der Waals surface area contributed by atoms with Gasteiger partial charge in [-0.05, 0) is 19.8 Å². The highest BCUT2D eigenvalue weighted by Crippen LogP contribution is 2.19. The Kier molecular flexibility index (Phi) is 5.54. The maximum absolute atomic E-state index is 11.6. The summed E-state index contributed by atoms with van der Waals surface area (Å²) in [4.78, 5) is 11.1. The van der Waals surface area contributed by atoms with Gasteiger partial charge in [0.25, 0.3) is 10.2 Å². The Hall–Kier alpha value is -1.45. The third kappa shape index (κ3) is 4.52. The van der Waals surface area contributed by atoms with E-state index in [1.807, 2.05) is 13.0 Å². The molecule has 0 amide bonds. The molecule has 1 aromatic rings. The summed E-state index contributed by atoms with van der Waals surface area (Å²) >= 11 is 0. The highest BCUT2D eigenvalue weighted by molar-refractivity contribution is 7.87. The van der Waals surface area contributed by atoms with Crippen LogP contribution in [-0.2, 0) is 10.2 Å². The quantitative estimate of drug-likeness (QED) is 0.695. The minimum Gasteiger partial charge on any atom is -0.356 e. The number of nitrogens with one attached hydrogen (secondary N) is 2. The SMILES string of the molecule is Cc1cc(N2CCCC2)nc(NCCNS(=O)(=O)N(C)C)n1. The summed E-state index contributed by atoms with van der Waals surface area (Å²) in [7, 11) is -0.412. The van der Waals surface area contributed by atoms with Gasteiger partial charge in [-0.25, -0.2) is 9.71 Å². The van der Waals surface area contributed by atoms with Crippen molar-refractivity contribution in [3.8, 4) is 0 Å². The van der Waals surface area contributed by atoms with Crippen molar-refractivity contribution >= 4 is 22.0 Å². The summed E-state index contributed by atoms with van der Waals surface area (Å²) in [5.74, 6) is 1.47. The number of anilines is 2. The number of hydrogen-bond acceptors (Lipinski definition) is 6. The predicted molar refractivity (Wildman–Crippen MR) is 87.3 cm³/mol. The smallest absolute Gasteiger partial charge is 0.278 e. The molecular formula is C13H24N6O2S. The van der Waals surface area contributed by atoms with Crippen molar-refractivity contribution in [1.29, 1.82) is 0 Å². The zero-order valence-corrected chi connectivity index (χ0v) is 14.2. The number of rotatable bonds is 7. The Morgan fingerprint density at radius 1 is 1.23 bits per heavy atom. The van der Waals surface area contributed by atoms with Crippen LogP contribution in [-0.4, -0.2) is 63.0 Å². The average Bonchev–Trinajstić information content (AvgIpc) is 2.97. The second-order valence-electron chi connectivity index (χ2n) is 5.49. The Morgan fingerprint density at radius 2 is 1.91 bits per heavy atom. The van der Waals surface area contributed by atoms with Gasteiger partial charge in [0.15, 0.2) is 0 Å². The molecule has 22 heavy (non-hydrogen) atoms. The molecule has 124 valence electrons. The van der Waals surface area contributed by atoms with Crippen molar-refractivity contribution < 1.29 is 8.42 Å². The van der Waals surface area contributed by atoms with E-state index in [-0.39, 0.29) is 6.54 Å². The molecule has 1 aliphatic rings. The molecular weight excluding hydrogens is 304 g/mol. The summed E-state index contributed by atoms with van der Waals surface area (Å²) in [5.41, 5.74) is 0.897. The van der Waals surface area contributed by atoms with Crippen molar-refractivity contribution in [2.75, 3.05) is 50.5 Å². The molecule has 1 aromatic heterocycles. The molecule has 0 bridgehead atoms. The van der Waals surface area contributed by atoms with E-state index in [9.17, 15) is 8.42 Å². The van der Waals surface area contributed by atoms with Gasteiger partial charge in [0.2, 0.25) is 5.95 Å². The van der Waals surface area contributed by atoms with Crippen molar-refractivity contribution in [3.05, 3.63) is 11.8 Å². The van der Waals surface area contributed by atoms with Gasteiger partial charge in [0.05, 0.1) is 0 Å². The van der Waals surface area contributed by atoms with Crippen molar-refractivity contribution in [2.45, 2.75) is 19.8 Å². The summed E-state index contributed by atoms with van der Waals surface area (Å²) in [6.45, 7) is 4.69. The lowest BCUT2D eigenvalue weighted by molar-refractivity contribution is 0.507. The van der Waals surface area contributed by atoms with Gasteiger partial charge in [-0.3, -0.25) is 0 Å². The van der Waals surface area contributed by atoms with Crippen LogP contribution < -0.4 is 14.9 Å². The maximum atomic E-state index is 11.6. The van der Waals surface area contributed by atoms with Crippen LogP contribution >= 0.6 is 0 Å². The average molecular weight is 328 g/mol. The van der Waals surface area contributed by atoms with Gasteiger partial charge in [-0.2, -0.15) is 17.7 Å². The van der Waals surface area contributed by atoms with Crippen LogP contribution in [0.5, 0.6) is 0 Å². The molecule has 0 aromatic carbocycles. The lowest BCUT2D eigenvalue weighted by Crippen LogP contribution is -2.38. The van der Waals surface area contributed by atoms with E-state index in [0.29, 0.717) is 12.5 Å². The van der Waals surface area contributed by atoms with E-state index in [1.54, 1.807) is 0 Å². The fraction of sp³-hybridized carbons (Fsp3) is 0.692. The molecule has 0 radical (unpaired) electrons. The van der Waals surface area contributed by atoms with Crippen molar-refractivity contribution in [2.24, 2.45) is 0 Å². The molecule has 1 aliphatic heterocycles. The standard InChI is InChI=1S/C13H24N6O2S/c1-11-10-12(19-8-4-5-9-19)17-13(16-11)14-6-7-15-22(20,21)18(2)3/h10,15H,4-9H2,1-3H3,(H,14,16,17). The first kappa shape index (κ1) is 16.9. The molecule has 0 spiro atoms. The largest absolute Gasteiger partial charge is 0.356 e. The fourth-order valence-electron chi connectivity index (χ4n) is 2.22. The van der Waals surface area contributed by atoms with Gasteiger partial charge in [0.1, 0.15) is 5.82 Å². The van der Waals surface area contributed by atoms with Crippen molar-refractivity contribution in [3.63, 3.8) is 0 Å². The lowest BCUT2D eigenvalue weighted by Gasteiger charge is -2.18. The third-order valence-corrected chi connectivity index (χ3v) is 4.97. The molecule has 1 fully saturated rings. The van der Waals surface area contributed by atoms with Crippen LogP contribution in [0.1, 0.15) is 18.5 Å². The number of aryl methyl sites for hydroxylation is 1. The Labute approximate surface area is 132 Å². The molecule has 2 rings (SSSR count). The molecule has 2 N–H and O–H groups in total. The Balaban J connectivity index is 1.90. The summed E-state index contributed by atoms with van der Waals surface area (Å²) in [6, 6.07) is 1.98. The molecule has 0 unspecified atom stereocenters. The lowest BCUT2D eigenvalue weighted by atomic mass is 10.4. The molecule has 0 atom stereocenters. The summed E-state index contributed by atoms with van der Waals surface area (Å²) < 4.78 is 26.8. The van der Waals surface area contributed by atoms with Gasteiger partial charge in [-0.1, -0.05) is 0 Å². The van der Waals surface area contributed by atoms with Crippen LogP contribution in [0.3, 0.4) is 0 Å². The number of aromatic nitrogens is 2. The molecule has 0 aliphatic carbocycles. The Bertz CT molecular complexity index is 599. The first-order valence-electron chi connectivity index (χ1n) is 7.40. The zero-order chi connectivity index (χ0) is 16.2. The number of nitrogens with zero attached hydrogens (tertiary/aromatic N) is 4. The molecule has 9 heteroatoms. The van der Waals surface area contributed by atoms with Crippen LogP contribution in [0.4, 0.5) is 11.8 Å². The van der Waals surface area contributed by atoms with Gasteiger partial charge in [0, 0.05) is 52.0 Å². The van der Waals surface area contributed by atoms with E-state index in [0.717, 1.165) is 28.9 Å². The highest BCUT2D eigenvalue weighted by atomic mass is 32.2. The van der Waals surface area contributed by atoms with E-state index in [1.165, 1.54) is 26.9 Å². The fourth-order valence-corrected chi connectivity index (χ4v) is 2.84. The summed E-state index contributed by atoms with van der Waals surface area (Å²) in [6.07, 6.45) is 2.39. The second-order valence-corrected chi connectivity index (χ2v) is 7.46. The van der Waals surface area contributed by atoms with Gasteiger partial charge >= 0.3 is 0 Å². The monoisotopic (exact) mass is 328 g/mol. The minimum absolute atomic E-state index is 0.275. The van der Waals surface area contributed by atoms with E-state index in [4.69, 9.17) is 0 Å².